The number of nitrogens with one attached hydrogen (secondary N) is 1. The number of hydrogen-bond donors (Lipinski definition) is 1. The molecule has 1 aliphatic heterocycles. The summed E-state index contributed by atoms with van der Waals surface area (Å²) in [6, 6.07) is 11.1. The fourth-order valence-electron chi connectivity index (χ4n) is 2.90. The Hall–Kier alpha value is -2.86. The summed E-state index contributed by atoms with van der Waals surface area (Å²) < 4.78 is 11.1. The third-order valence-electron chi connectivity index (χ3n) is 4.48. The highest BCUT2D eigenvalue weighted by atomic mass is 16.5. The first-order valence-corrected chi connectivity index (χ1v) is 9.07. The molecule has 0 atom stereocenters. The van der Waals surface area contributed by atoms with Crippen LogP contribution >= 0.6 is 0 Å². The van der Waals surface area contributed by atoms with Crippen LogP contribution in [0, 0.1) is 0 Å². The molecule has 1 fully saturated rings. The predicted octanol–water partition coefficient (Wildman–Crippen LogP) is 3.22. The van der Waals surface area contributed by atoms with Gasteiger partial charge >= 0.3 is 0 Å². The Labute approximate surface area is 159 Å². The van der Waals surface area contributed by atoms with Gasteiger partial charge in [-0.2, -0.15) is 0 Å². The van der Waals surface area contributed by atoms with Gasteiger partial charge in [-0.1, -0.05) is 12.1 Å². The number of pyridine rings is 1. The number of benzene rings is 1. The molecule has 2 aromatic rings. The van der Waals surface area contributed by atoms with Gasteiger partial charge in [-0.15, -0.1) is 0 Å². The fraction of sp³-hybridized carbons (Fsp3) is 0.333. The Balaban J connectivity index is 1.51. The number of carbonyl (C=O) groups is 1. The van der Waals surface area contributed by atoms with E-state index < -0.39 is 0 Å². The highest BCUT2D eigenvalue weighted by Crippen LogP contribution is 2.18. The first kappa shape index (κ1) is 18.9. The van der Waals surface area contributed by atoms with Crippen molar-refractivity contribution in [2.24, 2.45) is 0 Å². The van der Waals surface area contributed by atoms with Crippen LogP contribution in [0.25, 0.3) is 6.08 Å². The van der Waals surface area contributed by atoms with E-state index in [0.29, 0.717) is 11.6 Å². The molecule has 1 amide bonds. The highest BCUT2D eigenvalue weighted by molar-refractivity contribution is 6.01. The van der Waals surface area contributed by atoms with Crippen molar-refractivity contribution in [2.75, 3.05) is 32.6 Å². The summed E-state index contributed by atoms with van der Waals surface area (Å²) in [6.07, 6.45) is 7.06. The first-order chi connectivity index (χ1) is 13.1. The lowest BCUT2D eigenvalue weighted by molar-refractivity contribution is -0.111. The topological polar surface area (TPSA) is 63.7 Å². The van der Waals surface area contributed by atoms with Gasteiger partial charge in [0.05, 0.1) is 19.0 Å². The molecule has 0 unspecified atom stereocenters. The number of carbonyl (C=O) groups excluding carboxylic acids is 1. The molecular formula is C21H25N3O3. The zero-order valence-corrected chi connectivity index (χ0v) is 15.7. The molecular weight excluding hydrogens is 342 g/mol. The van der Waals surface area contributed by atoms with Gasteiger partial charge in [0.25, 0.3) is 0 Å². The van der Waals surface area contributed by atoms with E-state index in [1.807, 2.05) is 24.3 Å². The Kier molecular flexibility index (Phi) is 6.44. The molecule has 0 spiro atoms. The third-order valence-corrected chi connectivity index (χ3v) is 4.48. The Bertz CT molecular complexity index is 782. The van der Waals surface area contributed by atoms with Crippen LogP contribution in [0.2, 0.25) is 0 Å². The van der Waals surface area contributed by atoms with Crippen LogP contribution < -0.4 is 14.8 Å². The van der Waals surface area contributed by atoms with E-state index in [2.05, 4.69) is 22.2 Å². The lowest BCUT2D eigenvalue weighted by atomic mass is 10.1. The normalized spacial score (nSPS) is 15.6. The summed E-state index contributed by atoms with van der Waals surface area (Å²) in [7, 11) is 3.73. The van der Waals surface area contributed by atoms with Gasteiger partial charge < -0.3 is 19.7 Å². The molecule has 1 N–H and O–H groups in total. The summed E-state index contributed by atoms with van der Waals surface area (Å²) in [5.41, 5.74) is 1.52. The second-order valence-corrected chi connectivity index (χ2v) is 6.60. The lowest BCUT2D eigenvalue weighted by Gasteiger charge is -2.28. The molecule has 0 saturated carbocycles. The number of aromatic nitrogens is 1. The molecule has 6 heteroatoms. The molecule has 1 aliphatic rings. The highest BCUT2D eigenvalue weighted by Gasteiger charge is 2.18. The summed E-state index contributed by atoms with van der Waals surface area (Å²) in [6.45, 7) is 2.08. The molecule has 1 aromatic heterocycles. The maximum Gasteiger partial charge on any atom is 0.248 e. The van der Waals surface area contributed by atoms with Gasteiger partial charge in [0.15, 0.2) is 0 Å². The Morgan fingerprint density at radius 3 is 2.78 bits per heavy atom. The van der Waals surface area contributed by atoms with Crippen molar-refractivity contribution >= 4 is 17.7 Å². The average molecular weight is 367 g/mol. The minimum absolute atomic E-state index is 0.208. The molecule has 1 saturated heterocycles. The maximum absolute atomic E-state index is 12.1. The third kappa shape index (κ3) is 5.82. The van der Waals surface area contributed by atoms with Gasteiger partial charge in [-0.25, -0.2) is 4.98 Å². The van der Waals surface area contributed by atoms with E-state index in [0.717, 1.165) is 37.2 Å². The second-order valence-electron chi connectivity index (χ2n) is 6.60. The number of anilines is 1. The minimum Gasteiger partial charge on any atom is -0.497 e. The molecule has 1 aromatic carbocycles. The molecule has 0 aliphatic carbocycles. The van der Waals surface area contributed by atoms with Gasteiger partial charge in [0.2, 0.25) is 11.8 Å². The molecule has 27 heavy (non-hydrogen) atoms. The zero-order valence-electron chi connectivity index (χ0n) is 15.7. The molecule has 142 valence electrons. The van der Waals surface area contributed by atoms with Crippen LogP contribution in [-0.2, 0) is 4.79 Å². The van der Waals surface area contributed by atoms with Crippen LogP contribution in [-0.4, -0.2) is 49.1 Å². The van der Waals surface area contributed by atoms with Crippen molar-refractivity contribution in [3.8, 4) is 11.6 Å². The van der Waals surface area contributed by atoms with E-state index in [9.17, 15) is 4.79 Å². The number of hydrogen-bond acceptors (Lipinski definition) is 5. The molecule has 0 radical (unpaired) electrons. The van der Waals surface area contributed by atoms with Crippen molar-refractivity contribution in [3.05, 3.63) is 54.2 Å². The van der Waals surface area contributed by atoms with Gasteiger partial charge in [-0.05, 0) is 49.7 Å². The zero-order chi connectivity index (χ0) is 19.1. The van der Waals surface area contributed by atoms with Crippen molar-refractivity contribution in [1.82, 2.24) is 9.88 Å². The molecule has 6 nitrogen and oxygen atoms in total. The van der Waals surface area contributed by atoms with Crippen LogP contribution in [0.15, 0.2) is 48.7 Å². The lowest BCUT2D eigenvalue weighted by Crippen LogP contribution is -2.35. The summed E-state index contributed by atoms with van der Waals surface area (Å²) >= 11 is 0. The van der Waals surface area contributed by atoms with Crippen molar-refractivity contribution in [1.29, 1.82) is 0 Å². The Morgan fingerprint density at radius 2 is 2.07 bits per heavy atom. The van der Waals surface area contributed by atoms with Crippen molar-refractivity contribution in [2.45, 2.75) is 18.9 Å². The van der Waals surface area contributed by atoms with E-state index in [1.165, 1.54) is 6.08 Å². The summed E-state index contributed by atoms with van der Waals surface area (Å²) in [4.78, 5) is 18.7. The van der Waals surface area contributed by atoms with E-state index in [4.69, 9.17) is 9.47 Å². The van der Waals surface area contributed by atoms with Gasteiger partial charge in [-0.3, -0.25) is 4.79 Å². The number of methoxy groups -OCH3 is 1. The molecule has 2 heterocycles. The van der Waals surface area contributed by atoms with Gasteiger partial charge in [0, 0.05) is 25.2 Å². The van der Waals surface area contributed by atoms with Crippen LogP contribution in [0.1, 0.15) is 18.4 Å². The number of amides is 1. The van der Waals surface area contributed by atoms with Crippen LogP contribution in [0.5, 0.6) is 11.6 Å². The molecule has 3 rings (SSSR count). The SMILES string of the molecule is COc1cccc(/C=C/C(=O)Nc2ccc(OC3CCN(C)CC3)nc2)c1. The van der Waals surface area contributed by atoms with Gasteiger partial charge in [0.1, 0.15) is 11.9 Å². The van der Waals surface area contributed by atoms with Crippen molar-refractivity contribution < 1.29 is 14.3 Å². The van der Waals surface area contributed by atoms with Crippen LogP contribution in [0.3, 0.4) is 0 Å². The number of piperidine rings is 1. The Morgan fingerprint density at radius 1 is 1.26 bits per heavy atom. The number of ether oxygens (including phenoxy) is 2. The standard InChI is InChI=1S/C21H25N3O3/c1-24-12-10-18(11-13-24)27-21-9-7-17(15-22-21)23-20(25)8-6-16-4-3-5-19(14-16)26-2/h3-9,14-15,18H,10-13H2,1-2H3,(H,23,25)/b8-6+. The maximum atomic E-state index is 12.1. The number of nitrogens with zero attached hydrogens (tertiary/aromatic N) is 2. The van der Waals surface area contributed by atoms with Crippen LogP contribution in [0.4, 0.5) is 5.69 Å². The largest absolute Gasteiger partial charge is 0.497 e. The summed E-state index contributed by atoms with van der Waals surface area (Å²) in [5.74, 6) is 1.13. The van der Waals surface area contributed by atoms with Crippen molar-refractivity contribution in [3.63, 3.8) is 0 Å². The number of likely N-dealkylation sites (tertiary alicyclic amines) is 1. The van der Waals surface area contributed by atoms with E-state index >= 15 is 0 Å². The fourth-order valence-corrected chi connectivity index (χ4v) is 2.90. The smallest absolute Gasteiger partial charge is 0.248 e. The average Bonchev–Trinajstić information content (AvgIpc) is 2.70. The molecule has 0 bridgehead atoms. The minimum atomic E-state index is -0.219. The quantitative estimate of drug-likeness (QED) is 0.795. The monoisotopic (exact) mass is 367 g/mol. The first-order valence-electron chi connectivity index (χ1n) is 9.07. The number of rotatable bonds is 6. The van der Waals surface area contributed by atoms with E-state index in [-0.39, 0.29) is 12.0 Å². The summed E-state index contributed by atoms with van der Waals surface area (Å²) in [5, 5.41) is 2.80. The van der Waals surface area contributed by atoms with E-state index in [1.54, 1.807) is 31.5 Å². The predicted molar refractivity (Wildman–Crippen MR) is 106 cm³/mol. The second kappa shape index (κ2) is 9.19.